The Kier molecular flexibility index (Phi) is 5.20. The van der Waals surface area contributed by atoms with Gasteiger partial charge in [0.05, 0.1) is 0 Å². The molecule has 0 unspecified atom stereocenters. The van der Waals surface area contributed by atoms with Crippen molar-refractivity contribution in [1.82, 2.24) is 10.2 Å². The van der Waals surface area contributed by atoms with Crippen LogP contribution in [0.3, 0.4) is 0 Å². The summed E-state index contributed by atoms with van der Waals surface area (Å²) in [6, 6.07) is 6.23. The maximum absolute atomic E-state index is 12.2. The number of urea groups is 1. The molecule has 0 bridgehead atoms. The fourth-order valence-corrected chi connectivity index (χ4v) is 2.16. The summed E-state index contributed by atoms with van der Waals surface area (Å²) in [7, 11) is 0. The molecule has 0 saturated carbocycles. The van der Waals surface area contributed by atoms with E-state index in [1.54, 1.807) is 31.2 Å². The lowest BCUT2D eigenvalue weighted by molar-refractivity contribution is -0.128. The van der Waals surface area contributed by atoms with Gasteiger partial charge in [-0.05, 0) is 31.2 Å². The molecular weight excluding hydrogens is 296 g/mol. The van der Waals surface area contributed by atoms with Gasteiger partial charge in [-0.25, -0.2) is 4.79 Å². The molecule has 7 nitrogen and oxygen atoms in total. The largest absolute Gasteiger partial charge is 0.374 e. The van der Waals surface area contributed by atoms with Crippen LogP contribution < -0.4 is 16.0 Å². The molecule has 7 heteroatoms. The van der Waals surface area contributed by atoms with Gasteiger partial charge in [-0.3, -0.25) is 14.5 Å². The van der Waals surface area contributed by atoms with Crippen LogP contribution in [-0.4, -0.2) is 41.9 Å². The van der Waals surface area contributed by atoms with E-state index in [1.165, 1.54) is 4.90 Å². The molecular formula is C16H22N4O3. The number of nitrogens with one attached hydrogen (secondary N) is 3. The number of hydrogen-bond acceptors (Lipinski definition) is 4. The minimum atomic E-state index is -0.519. The van der Waals surface area contributed by atoms with Gasteiger partial charge >= 0.3 is 6.03 Å². The van der Waals surface area contributed by atoms with Gasteiger partial charge < -0.3 is 16.0 Å². The monoisotopic (exact) mass is 318 g/mol. The molecule has 1 aromatic rings. The first-order valence-electron chi connectivity index (χ1n) is 7.65. The van der Waals surface area contributed by atoms with Gasteiger partial charge in [-0.1, -0.05) is 13.8 Å². The Morgan fingerprint density at radius 1 is 1.13 bits per heavy atom. The second-order valence-electron chi connectivity index (χ2n) is 5.81. The fraction of sp³-hybridized carbons (Fsp3) is 0.438. The van der Waals surface area contributed by atoms with Gasteiger partial charge in [0.1, 0.15) is 6.04 Å². The van der Waals surface area contributed by atoms with Crippen LogP contribution >= 0.6 is 0 Å². The lowest BCUT2D eigenvalue weighted by Gasteiger charge is -2.20. The van der Waals surface area contributed by atoms with E-state index in [9.17, 15) is 14.4 Å². The van der Waals surface area contributed by atoms with Gasteiger partial charge in [-0.2, -0.15) is 0 Å². The Labute approximate surface area is 135 Å². The van der Waals surface area contributed by atoms with Crippen molar-refractivity contribution in [2.75, 3.05) is 23.7 Å². The SMILES string of the molecule is CC(C)C(=O)Nc1ccc(N[C@H](C)C(=O)N2CCNC2=O)cc1. The molecule has 124 valence electrons. The number of hydrogen-bond donors (Lipinski definition) is 3. The highest BCUT2D eigenvalue weighted by atomic mass is 16.2. The van der Waals surface area contributed by atoms with Crippen LogP contribution in [0.25, 0.3) is 0 Å². The molecule has 1 fully saturated rings. The third-order valence-corrected chi connectivity index (χ3v) is 3.55. The molecule has 23 heavy (non-hydrogen) atoms. The number of imide groups is 1. The van der Waals surface area contributed by atoms with Crippen LogP contribution in [0.4, 0.5) is 16.2 Å². The predicted octanol–water partition coefficient (Wildman–Crippen LogP) is 1.63. The van der Waals surface area contributed by atoms with Crippen LogP contribution in [0, 0.1) is 5.92 Å². The van der Waals surface area contributed by atoms with Gasteiger partial charge in [0, 0.05) is 30.4 Å². The molecule has 1 aliphatic heterocycles. The molecule has 1 aromatic carbocycles. The standard InChI is InChI=1S/C16H22N4O3/c1-10(2)14(21)19-13-6-4-12(5-7-13)18-11(3)15(22)20-9-8-17-16(20)23/h4-7,10-11,18H,8-9H2,1-3H3,(H,17,23)(H,19,21)/t11-/m1/s1. The number of benzene rings is 1. The second-order valence-corrected chi connectivity index (χ2v) is 5.81. The van der Waals surface area contributed by atoms with Gasteiger partial charge in [0.25, 0.3) is 5.91 Å². The van der Waals surface area contributed by atoms with E-state index in [-0.39, 0.29) is 23.8 Å². The van der Waals surface area contributed by atoms with E-state index >= 15 is 0 Å². The normalized spacial score (nSPS) is 15.3. The fourth-order valence-electron chi connectivity index (χ4n) is 2.16. The van der Waals surface area contributed by atoms with Crippen LogP contribution in [0.15, 0.2) is 24.3 Å². The van der Waals surface area contributed by atoms with E-state index in [4.69, 9.17) is 0 Å². The van der Waals surface area contributed by atoms with Crippen LogP contribution in [0.1, 0.15) is 20.8 Å². The van der Waals surface area contributed by atoms with Crippen LogP contribution in [0.5, 0.6) is 0 Å². The average molecular weight is 318 g/mol. The summed E-state index contributed by atoms with van der Waals surface area (Å²) in [5.41, 5.74) is 1.44. The summed E-state index contributed by atoms with van der Waals surface area (Å²) in [6.07, 6.45) is 0. The van der Waals surface area contributed by atoms with Crippen molar-refractivity contribution in [1.29, 1.82) is 0 Å². The number of amides is 4. The molecule has 0 aromatic heterocycles. The average Bonchev–Trinajstić information content (AvgIpc) is 2.94. The summed E-state index contributed by atoms with van der Waals surface area (Å²) in [6.45, 7) is 6.24. The first-order valence-corrected chi connectivity index (χ1v) is 7.65. The lowest BCUT2D eigenvalue weighted by Crippen LogP contribution is -2.43. The van der Waals surface area contributed by atoms with E-state index in [0.717, 1.165) is 5.69 Å². The van der Waals surface area contributed by atoms with Crippen LogP contribution in [-0.2, 0) is 9.59 Å². The summed E-state index contributed by atoms with van der Waals surface area (Å²) < 4.78 is 0. The van der Waals surface area contributed by atoms with E-state index in [2.05, 4.69) is 16.0 Å². The number of carbonyl (C=O) groups is 3. The molecule has 0 spiro atoms. The van der Waals surface area contributed by atoms with Crippen molar-refractivity contribution in [3.63, 3.8) is 0 Å². The van der Waals surface area contributed by atoms with Crippen molar-refractivity contribution >= 4 is 29.2 Å². The Hall–Kier alpha value is -2.57. The van der Waals surface area contributed by atoms with Crippen molar-refractivity contribution in [2.24, 2.45) is 5.92 Å². The zero-order chi connectivity index (χ0) is 17.0. The van der Waals surface area contributed by atoms with E-state index < -0.39 is 6.04 Å². The zero-order valence-corrected chi connectivity index (χ0v) is 13.6. The Balaban J connectivity index is 1.93. The Bertz CT molecular complexity index is 598. The van der Waals surface area contributed by atoms with Crippen molar-refractivity contribution in [3.8, 4) is 0 Å². The van der Waals surface area contributed by atoms with Crippen molar-refractivity contribution in [3.05, 3.63) is 24.3 Å². The molecule has 4 amide bonds. The van der Waals surface area contributed by atoms with Gasteiger partial charge in [-0.15, -0.1) is 0 Å². The maximum atomic E-state index is 12.2. The quantitative estimate of drug-likeness (QED) is 0.769. The molecule has 0 radical (unpaired) electrons. The minimum Gasteiger partial charge on any atom is -0.374 e. The summed E-state index contributed by atoms with van der Waals surface area (Å²) in [5, 5.41) is 8.46. The predicted molar refractivity (Wildman–Crippen MR) is 88.1 cm³/mol. The highest BCUT2D eigenvalue weighted by molar-refractivity contribution is 5.99. The highest BCUT2D eigenvalue weighted by Gasteiger charge is 2.29. The Morgan fingerprint density at radius 2 is 1.74 bits per heavy atom. The van der Waals surface area contributed by atoms with Crippen molar-refractivity contribution in [2.45, 2.75) is 26.8 Å². The topological polar surface area (TPSA) is 90.5 Å². The van der Waals surface area contributed by atoms with Crippen molar-refractivity contribution < 1.29 is 14.4 Å². The maximum Gasteiger partial charge on any atom is 0.324 e. The molecule has 2 rings (SSSR count). The van der Waals surface area contributed by atoms with E-state index in [1.807, 2.05) is 13.8 Å². The number of nitrogens with zero attached hydrogens (tertiary/aromatic N) is 1. The molecule has 1 saturated heterocycles. The number of rotatable bonds is 5. The molecule has 1 aliphatic rings. The third-order valence-electron chi connectivity index (χ3n) is 3.55. The second kappa shape index (κ2) is 7.13. The van der Waals surface area contributed by atoms with Gasteiger partial charge in [0.15, 0.2) is 0 Å². The highest BCUT2D eigenvalue weighted by Crippen LogP contribution is 2.16. The van der Waals surface area contributed by atoms with E-state index in [0.29, 0.717) is 18.8 Å². The zero-order valence-electron chi connectivity index (χ0n) is 13.6. The first-order chi connectivity index (χ1) is 10.9. The summed E-state index contributed by atoms with van der Waals surface area (Å²) in [5.74, 6) is -0.399. The Morgan fingerprint density at radius 3 is 2.26 bits per heavy atom. The smallest absolute Gasteiger partial charge is 0.324 e. The van der Waals surface area contributed by atoms with Crippen LogP contribution in [0.2, 0.25) is 0 Å². The minimum absolute atomic E-state index is 0.0469. The summed E-state index contributed by atoms with van der Waals surface area (Å²) in [4.78, 5) is 36.5. The lowest BCUT2D eigenvalue weighted by atomic mass is 10.2. The molecule has 1 heterocycles. The summed E-state index contributed by atoms with van der Waals surface area (Å²) >= 11 is 0. The molecule has 3 N–H and O–H groups in total. The third kappa shape index (κ3) is 4.21. The van der Waals surface area contributed by atoms with Gasteiger partial charge in [0.2, 0.25) is 5.91 Å². The first kappa shape index (κ1) is 16.8. The molecule has 1 atom stereocenters. The molecule has 0 aliphatic carbocycles. The number of carbonyl (C=O) groups excluding carboxylic acids is 3. The number of anilines is 2.